The van der Waals surface area contributed by atoms with Gasteiger partial charge in [0.1, 0.15) is 0 Å². The van der Waals surface area contributed by atoms with Crippen LogP contribution < -0.4 is 16.2 Å². The first kappa shape index (κ1) is 16.2. The first-order chi connectivity index (χ1) is 11.3. The van der Waals surface area contributed by atoms with Crippen molar-refractivity contribution in [2.24, 2.45) is 11.8 Å². The Morgan fingerprint density at radius 3 is 2.78 bits per heavy atom. The lowest BCUT2D eigenvalue weighted by atomic mass is 9.82. The molecule has 23 heavy (non-hydrogen) atoms. The van der Waals surface area contributed by atoms with Crippen LogP contribution in [0.2, 0.25) is 5.02 Å². The van der Waals surface area contributed by atoms with E-state index in [1.807, 2.05) is 12.1 Å². The molecular formula is C17H24ClN3OS. The van der Waals surface area contributed by atoms with Gasteiger partial charge < -0.3 is 4.74 Å². The minimum absolute atomic E-state index is 0.322. The van der Waals surface area contributed by atoms with E-state index in [1.165, 1.54) is 29.9 Å². The SMILES string of the molecule is Clc1ccc(C2NNC(NC[C@@H]3CCCO3)C3CSCC23)cc1. The summed E-state index contributed by atoms with van der Waals surface area (Å²) in [7, 11) is 0. The van der Waals surface area contributed by atoms with Crippen LogP contribution in [0, 0.1) is 11.8 Å². The van der Waals surface area contributed by atoms with Crippen molar-refractivity contribution < 1.29 is 4.74 Å². The molecular weight excluding hydrogens is 330 g/mol. The molecule has 5 atom stereocenters. The van der Waals surface area contributed by atoms with Gasteiger partial charge in [-0.25, -0.2) is 10.9 Å². The maximum atomic E-state index is 6.03. The van der Waals surface area contributed by atoms with Gasteiger partial charge in [-0.15, -0.1) is 0 Å². The number of fused-ring (bicyclic) bond motifs is 1. The molecule has 3 aliphatic heterocycles. The average Bonchev–Trinajstić information content (AvgIpc) is 3.25. The molecule has 1 aromatic carbocycles. The summed E-state index contributed by atoms with van der Waals surface area (Å²) >= 11 is 8.09. The van der Waals surface area contributed by atoms with Crippen LogP contribution in [-0.4, -0.2) is 36.9 Å². The second-order valence-electron chi connectivity index (χ2n) is 6.70. The maximum Gasteiger partial charge on any atom is 0.0745 e. The molecule has 6 heteroatoms. The Labute approximate surface area is 147 Å². The number of rotatable bonds is 4. The van der Waals surface area contributed by atoms with Crippen LogP contribution in [0.5, 0.6) is 0 Å². The van der Waals surface area contributed by atoms with Gasteiger partial charge in [-0.2, -0.15) is 11.8 Å². The first-order valence-corrected chi connectivity index (χ1v) is 10.0. The Morgan fingerprint density at radius 1 is 1.17 bits per heavy atom. The summed E-state index contributed by atoms with van der Waals surface area (Å²) in [5.41, 5.74) is 8.37. The Morgan fingerprint density at radius 2 is 2.00 bits per heavy atom. The molecule has 3 aliphatic rings. The van der Waals surface area contributed by atoms with Crippen LogP contribution in [0.25, 0.3) is 0 Å². The zero-order valence-corrected chi connectivity index (χ0v) is 14.7. The number of hydrogen-bond acceptors (Lipinski definition) is 5. The van der Waals surface area contributed by atoms with Crippen LogP contribution in [0.15, 0.2) is 24.3 Å². The van der Waals surface area contributed by atoms with Crippen molar-refractivity contribution in [3.63, 3.8) is 0 Å². The standard InChI is InChI=1S/C17H24ClN3OS/c18-12-5-3-11(4-6-12)16-14-9-23-10-15(14)17(21-20-16)19-8-13-2-1-7-22-13/h3-6,13-17,19-21H,1-2,7-10H2/t13-,14?,15?,16?,17?/m0/s1. The summed E-state index contributed by atoms with van der Waals surface area (Å²) in [4.78, 5) is 0. The summed E-state index contributed by atoms with van der Waals surface area (Å²) in [6, 6.07) is 8.60. The highest BCUT2D eigenvalue weighted by molar-refractivity contribution is 7.99. The van der Waals surface area contributed by atoms with E-state index in [9.17, 15) is 0 Å². The predicted molar refractivity (Wildman–Crippen MR) is 95.5 cm³/mol. The third-order valence-electron chi connectivity index (χ3n) is 5.24. The molecule has 1 aromatic rings. The molecule has 0 aromatic heterocycles. The molecule has 0 bridgehead atoms. The summed E-state index contributed by atoms with van der Waals surface area (Å²) in [6.07, 6.45) is 3.09. The molecule has 3 N–H and O–H groups in total. The molecule has 0 radical (unpaired) electrons. The minimum Gasteiger partial charge on any atom is -0.377 e. The van der Waals surface area contributed by atoms with Crippen molar-refractivity contribution in [1.82, 2.24) is 16.2 Å². The van der Waals surface area contributed by atoms with Crippen molar-refractivity contribution in [3.8, 4) is 0 Å². The predicted octanol–water partition coefficient (Wildman–Crippen LogP) is 2.56. The number of thioether (sulfide) groups is 1. The average molecular weight is 354 g/mol. The lowest BCUT2D eigenvalue weighted by molar-refractivity contribution is 0.0833. The zero-order valence-electron chi connectivity index (χ0n) is 13.1. The summed E-state index contributed by atoms with van der Waals surface area (Å²) in [5, 5.41) is 4.48. The molecule has 3 saturated heterocycles. The molecule has 3 heterocycles. The van der Waals surface area contributed by atoms with E-state index < -0.39 is 0 Å². The lowest BCUT2D eigenvalue weighted by Gasteiger charge is -2.41. The van der Waals surface area contributed by atoms with Crippen molar-refractivity contribution in [1.29, 1.82) is 0 Å². The van der Waals surface area contributed by atoms with Crippen LogP contribution in [0.3, 0.4) is 0 Å². The fraction of sp³-hybridized carbons (Fsp3) is 0.647. The summed E-state index contributed by atoms with van der Waals surface area (Å²) < 4.78 is 5.73. The quantitative estimate of drug-likeness (QED) is 0.776. The number of halogens is 1. The van der Waals surface area contributed by atoms with Gasteiger partial charge in [-0.05, 0) is 48.0 Å². The van der Waals surface area contributed by atoms with Gasteiger partial charge in [0.05, 0.1) is 18.3 Å². The molecule has 0 aliphatic carbocycles. The third-order valence-corrected chi connectivity index (χ3v) is 6.73. The monoisotopic (exact) mass is 353 g/mol. The number of hydrogen-bond donors (Lipinski definition) is 3. The van der Waals surface area contributed by atoms with Crippen molar-refractivity contribution in [2.75, 3.05) is 24.7 Å². The van der Waals surface area contributed by atoms with Crippen molar-refractivity contribution >= 4 is 23.4 Å². The van der Waals surface area contributed by atoms with E-state index in [1.54, 1.807) is 0 Å². The molecule has 0 spiro atoms. The second kappa shape index (κ2) is 7.30. The second-order valence-corrected chi connectivity index (χ2v) is 8.22. The Kier molecular flexibility index (Phi) is 5.13. The number of hydrazine groups is 1. The summed E-state index contributed by atoms with van der Waals surface area (Å²) in [5.74, 6) is 3.71. The summed E-state index contributed by atoms with van der Waals surface area (Å²) in [6.45, 7) is 1.86. The van der Waals surface area contributed by atoms with E-state index in [-0.39, 0.29) is 0 Å². The van der Waals surface area contributed by atoms with Gasteiger partial charge in [-0.3, -0.25) is 5.32 Å². The van der Waals surface area contributed by atoms with Gasteiger partial charge in [0, 0.05) is 24.1 Å². The van der Waals surface area contributed by atoms with Crippen LogP contribution in [-0.2, 0) is 4.74 Å². The molecule has 4 rings (SSSR count). The van der Waals surface area contributed by atoms with Gasteiger partial charge in [0.2, 0.25) is 0 Å². The smallest absolute Gasteiger partial charge is 0.0745 e. The fourth-order valence-electron chi connectivity index (χ4n) is 3.93. The largest absolute Gasteiger partial charge is 0.377 e. The number of ether oxygens (including phenoxy) is 1. The van der Waals surface area contributed by atoms with Crippen LogP contribution in [0.4, 0.5) is 0 Å². The Hall–Kier alpha value is -0.300. The number of benzene rings is 1. The Bertz CT molecular complexity index is 523. The molecule has 0 amide bonds. The molecule has 4 unspecified atom stereocenters. The van der Waals surface area contributed by atoms with E-state index in [2.05, 4.69) is 40.1 Å². The first-order valence-electron chi connectivity index (χ1n) is 8.50. The van der Waals surface area contributed by atoms with Crippen LogP contribution in [0.1, 0.15) is 24.4 Å². The highest BCUT2D eigenvalue weighted by Gasteiger charge is 2.43. The van der Waals surface area contributed by atoms with Crippen LogP contribution >= 0.6 is 23.4 Å². The molecule has 0 saturated carbocycles. The van der Waals surface area contributed by atoms with E-state index in [4.69, 9.17) is 16.3 Å². The topological polar surface area (TPSA) is 45.3 Å². The molecule has 126 valence electrons. The van der Waals surface area contributed by atoms with E-state index >= 15 is 0 Å². The normalized spacial score (nSPS) is 37.0. The number of nitrogens with one attached hydrogen (secondary N) is 3. The minimum atomic E-state index is 0.322. The van der Waals surface area contributed by atoms with E-state index in [0.717, 1.165) is 18.2 Å². The lowest BCUT2D eigenvalue weighted by Crippen LogP contribution is -2.62. The van der Waals surface area contributed by atoms with Gasteiger partial charge in [0.15, 0.2) is 0 Å². The highest BCUT2D eigenvalue weighted by Crippen LogP contribution is 2.41. The fourth-order valence-corrected chi connectivity index (χ4v) is 5.62. The maximum absolute atomic E-state index is 6.03. The van der Waals surface area contributed by atoms with Crippen molar-refractivity contribution in [2.45, 2.75) is 31.2 Å². The van der Waals surface area contributed by atoms with Gasteiger partial charge in [0.25, 0.3) is 0 Å². The Balaban J connectivity index is 1.41. The van der Waals surface area contributed by atoms with Gasteiger partial charge in [-0.1, -0.05) is 23.7 Å². The molecule has 4 nitrogen and oxygen atoms in total. The highest BCUT2D eigenvalue weighted by atomic mass is 35.5. The van der Waals surface area contributed by atoms with E-state index in [0.29, 0.717) is 30.1 Å². The van der Waals surface area contributed by atoms with Crippen molar-refractivity contribution in [3.05, 3.63) is 34.9 Å². The molecule has 3 fully saturated rings. The third kappa shape index (κ3) is 3.55. The zero-order chi connectivity index (χ0) is 15.6. The van der Waals surface area contributed by atoms with Gasteiger partial charge >= 0.3 is 0 Å².